The number of carbonyl (C=O) groups excluding carboxylic acids is 1. The van der Waals surface area contributed by atoms with Crippen LogP contribution in [0.1, 0.15) is 54.7 Å². The van der Waals surface area contributed by atoms with E-state index in [1.54, 1.807) is 0 Å². The van der Waals surface area contributed by atoms with Gasteiger partial charge in [0.1, 0.15) is 18.1 Å². The molecule has 140 valence electrons. The molecule has 0 spiro atoms. The number of rotatable bonds is 5. The second-order valence-electron chi connectivity index (χ2n) is 7.06. The smallest absolute Gasteiger partial charge is 0.226 e. The lowest BCUT2D eigenvalue weighted by molar-refractivity contribution is -0.130. The van der Waals surface area contributed by atoms with Crippen molar-refractivity contribution in [3.05, 3.63) is 46.8 Å². The van der Waals surface area contributed by atoms with E-state index in [0.29, 0.717) is 13.0 Å². The van der Waals surface area contributed by atoms with E-state index in [1.165, 1.54) is 19.3 Å². The topological polar surface area (TPSA) is 55.6 Å². The van der Waals surface area contributed by atoms with E-state index in [-0.39, 0.29) is 5.91 Å². The average Bonchev–Trinajstić information content (AvgIpc) is 2.92. The van der Waals surface area contributed by atoms with Crippen LogP contribution in [0.15, 0.2) is 28.8 Å². The Morgan fingerprint density at radius 2 is 1.73 bits per heavy atom. The molecule has 0 unspecified atom stereocenters. The Kier molecular flexibility index (Phi) is 6.31. The van der Waals surface area contributed by atoms with Gasteiger partial charge in [-0.05, 0) is 44.4 Å². The Hall–Kier alpha value is -2.30. The van der Waals surface area contributed by atoms with Crippen molar-refractivity contribution in [2.75, 3.05) is 13.1 Å². The van der Waals surface area contributed by atoms with Gasteiger partial charge in [-0.3, -0.25) is 4.79 Å². The molecule has 5 heteroatoms. The first-order valence-corrected chi connectivity index (χ1v) is 9.55. The number of amides is 1. The zero-order valence-electron chi connectivity index (χ0n) is 15.8. The van der Waals surface area contributed by atoms with Gasteiger partial charge in [-0.25, -0.2) is 0 Å². The molecule has 0 radical (unpaired) electrons. The zero-order chi connectivity index (χ0) is 18.4. The van der Waals surface area contributed by atoms with Crippen LogP contribution in [-0.4, -0.2) is 29.1 Å². The lowest BCUT2D eigenvalue weighted by Gasteiger charge is -2.24. The highest BCUT2D eigenvalue weighted by molar-refractivity contribution is 5.78. The maximum atomic E-state index is 12.6. The maximum Gasteiger partial charge on any atom is 0.226 e. The number of benzene rings is 1. The van der Waals surface area contributed by atoms with Crippen molar-refractivity contribution in [2.45, 2.75) is 59.0 Å². The Balaban J connectivity index is 1.53. The monoisotopic (exact) mass is 356 g/mol. The van der Waals surface area contributed by atoms with E-state index in [1.807, 2.05) is 43.0 Å². The summed E-state index contributed by atoms with van der Waals surface area (Å²) in [6, 6.07) is 7.80. The summed E-state index contributed by atoms with van der Waals surface area (Å²) in [5.74, 6) is 1.81. The molecule has 1 amide bonds. The predicted molar refractivity (Wildman–Crippen MR) is 100 cm³/mol. The highest BCUT2D eigenvalue weighted by atomic mass is 16.5. The van der Waals surface area contributed by atoms with E-state index in [9.17, 15) is 4.79 Å². The molecule has 0 atom stereocenters. The Morgan fingerprint density at radius 3 is 2.35 bits per heavy atom. The van der Waals surface area contributed by atoms with E-state index in [2.05, 4.69) is 5.16 Å². The Morgan fingerprint density at radius 1 is 1.08 bits per heavy atom. The number of hydrogen-bond donors (Lipinski definition) is 0. The van der Waals surface area contributed by atoms with Crippen molar-refractivity contribution in [3.8, 4) is 5.75 Å². The molecule has 1 aromatic heterocycles. The largest absolute Gasteiger partial charge is 0.489 e. The minimum atomic E-state index is 0.233. The summed E-state index contributed by atoms with van der Waals surface area (Å²) in [5.41, 5.74) is 2.88. The molecule has 26 heavy (non-hydrogen) atoms. The third kappa shape index (κ3) is 4.87. The zero-order valence-corrected chi connectivity index (χ0v) is 15.8. The fraction of sp³-hybridized carbons (Fsp3) is 0.524. The van der Waals surface area contributed by atoms with E-state index < -0.39 is 0 Å². The van der Waals surface area contributed by atoms with Gasteiger partial charge >= 0.3 is 0 Å². The second kappa shape index (κ2) is 8.88. The van der Waals surface area contributed by atoms with Crippen molar-refractivity contribution >= 4 is 5.91 Å². The van der Waals surface area contributed by atoms with Crippen LogP contribution in [-0.2, 0) is 17.8 Å². The molecule has 1 saturated heterocycles. The summed E-state index contributed by atoms with van der Waals surface area (Å²) in [5, 5.41) is 3.93. The van der Waals surface area contributed by atoms with Gasteiger partial charge in [-0.2, -0.15) is 0 Å². The fourth-order valence-electron chi connectivity index (χ4n) is 3.35. The molecule has 1 aromatic carbocycles. The number of nitrogens with zero attached hydrogens (tertiary/aromatic N) is 2. The normalized spacial score (nSPS) is 15.4. The van der Waals surface area contributed by atoms with Crippen molar-refractivity contribution in [1.29, 1.82) is 0 Å². The number of carbonyl (C=O) groups is 1. The maximum absolute atomic E-state index is 12.6. The van der Waals surface area contributed by atoms with Crippen molar-refractivity contribution in [2.24, 2.45) is 0 Å². The van der Waals surface area contributed by atoms with E-state index in [4.69, 9.17) is 9.26 Å². The predicted octanol–water partition coefficient (Wildman–Crippen LogP) is 4.21. The lowest BCUT2D eigenvalue weighted by Crippen LogP contribution is -2.34. The molecule has 0 N–H and O–H groups in total. The van der Waals surface area contributed by atoms with Crippen molar-refractivity contribution < 1.29 is 14.1 Å². The van der Waals surface area contributed by atoms with Crippen LogP contribution in [0.3, 0.4) is 0 Å². The van der Waals surface area contributed by atoms with Gasteiger partial charge in [0.05, 0.1) is 17.7 Å². The number of ether oxygens (including phenoxy) is 1. The van der Waals surface area contributed by atoms with Crippen LogP contribution >= 0.6 is 0 Å². The lowest BCUT2D eigenvalue weighted by atomic mass is 10.1. The van der Waals surface area contributed by atoms with Gasteiger partial charge in [0, 0.05) is 13.1 Å². The molecule has 1 aliphatic heterocycles. The molecule has 0 bridgehead atoms. The molecule has 1 fully saturated rings. The third-order valence-electron chi connectivity index (χ3n) is 5.05. The van der Waals surface area contributed by atoms with Crippen LogP contribution in [0.5, 0.6) is 5.75 Å². The molecule has 1 aliphatic rings. The molecular weight excluding hydrogens is 328 g/mol. The number of aryl methyl sites for hydroxylation is 2. The van der Waals surface area contributed by atoms with Gasteiger partial charge in [0.25, 0.3) is 0 Å². The first-order valence-electron chi connectivity index (χ1n) is 9.55. The van der Waals surface area contributed by atoms with Gasteiger partial charge in [-0.15, -0.1) is 0 Å². The molecule has 5 nitrogen and oxygen atoms in total. The van der Waals surface area contributed by atoms with Crippen LogP contribution in [0, 0.1) is 13.8 Å². The third-order valence-corrected chi connectivity index (χ3v) is 5.05. The molecular formula is C21H28N2O3. The van der Waals surface area contributed by atoms with Crippen molar-refractivity contribution in [3.63, 3.8) is 0 Å². The van der Waals surface area contributed by atoms with Crippen LogP contribution < -0.4 is 4.74 Å². The number of aromatic nitrogens is 1. The summed E-state index contributed by atoms with van der Waals surface area (Å²) >= 11 is 0. The molecule has 2 aromatic rings. The molecule has 0 saturated carbocycles. The average molecular weight is 356 g/mol. The molecule has 2 heterocycles. The quantitative estimate of drug-likeness (QED) is 0.805. The second-order valence-corrected chi connectivity index (χ2v) is 7.06. The van der Waals surface area contributed by atoms with Gasteiger partial charge in [-0.1, -0.05) is 36.6 Å². The molecule has 3 rings (SSSR count). The summed E-state index contributed by atoms with van der Waals surface area (Å²) in [7, 11) is 0. The van der Waals surface area contributed by atoms with Crippen LogP contribution in [0.2, 0.25) is 0 Å². The first kappa shape index (κ1) is 18.5. The van der Waals surface area contributed by atoms with E-state index >= 15 is 0 Å². The minimum absolute atomic E-state index is 0.233. The van der Waals surface area contributed by atoms with Crippen molar-refractivity contribution in [1.82, 2.24) is 10.1 Å². The molecule has 0 aliphatic carbocycles. The Bertz CT molecular complexity index is 694. The number of hydrogen-bond acceptors (Lipinski definition) is 4. The summed E-state index contributed by atoms with van der Waals surface area (Å²) in [6.45, 7) is 6.04. The van der Waals surface area contributed by atoms with Gasteiger partial charge in [0.2, 0.25) is 5.91 Å². The van der Waals surface area contributed by atoms with Crippen LogP contribution in [0.4, 0.5) is 0 Å². The highest BCUT2D eigenvalue weighted by Gasteiger charge is 2.15. The first-order chi connectivity index (χ1) is 12.6. The van der Waals surface area contributed by atoms with Crippen LogP contribution in [0.25, 0.3) is 0 Å². The summed E-state index contributed by atoms with van der Waals surface area (Å²) < 4.78 is 11.0. The van der Waals surface area contributed by atoms with E-state index in [0.717, 1.165) is 54.3 Å². The van der Waals surface area contributed by atoms with Gasteiger partial charge < -0.3 is 14.2 Å². The highest BCUT2D eigenvalue weighted by Crippen LogP contribution is 2.19. The standard InChI is InChI=1S/C21H28N2O3/c1-16-20(17(2)26-22-16)15-25-19-10-8-18(9-11-19)14-21(24)23-12-6-4-3-5-7-13-23/h8-11H,3-7,12-15H2,1-2H3. The summed E-state index contributed by atoms with van der Waals surface area (Å²) in [4.78, 5) is 14.6. The minimum Gasteiger partial charge on any atom is -0.489 e. The fourth-order valence-corrected chi connectivity index (χ4v) is 3.35. The SMILES string of the molecule is Cc1noc(C)c1COc1ccc(CC(=O)N2CCCCCCC2)cc1. The number of likely N-dealkylation sites (tertiary alicyclic amines) is 1. The Labute approximate surface area is 155 Å². The summed E-state index contributed by atoms with van der Waals surface area (Å²) in [6.07, 6.45) is 6.49. The van der Waals surface area contributed by atoms with Gasteiger partial charge in [0.15, 0.2) is 0 Å².